The van der Waals surface area contributed by atoms with E-state index in [0.29, 0.717) is 31.9 Å². The van der Waals surface area contributed by atoms with Gasteiger partial charge >= 0.3 is 0 Å². The van der Waals surface area contributed by atoms with Crippen LogP contribution < -0.4 is 0 Å². The van der Waals surface area contributed by atoms with Gasteiger partial charge in [-0.1, -0.05) is 0 Å². The van der Waals surface area contributed by atoms with Gasteiger partial charge in [-0.3, -0.25) is 14.3 Å². The Bertz CT molecular complexity index is 738. The number of likely N-dealkylation sites (N-methyl/N-ethyl adjacent to an activating group) is 1. The molecule has 1 saturated heterocycles. The molecule has 3 rings (SSSR count). The standard InChI is InChI=1S/C18H26N4O3S/c1-13-10-16(14(2)22(13)18-19-4-9-26-18)17(24)20(3)11-15(23)12-21-5-7-25-8-6-21/h4,9-10,15,23H,5-8,11-12H2,1-3H3. The fourth-order valence-electron chi connectivity index (χ4n) is 3.34. The Hall–Kier alpha value is -1.74. The van der Waals surface area contributed by atoms with Gasteiger partial charge in [0.2, 0.25) is 0 Å². The molecule has 7 nitrogen and oxygen atoms in total. The number of carbonyl (C=O) groups excluding carboxylic acids is 1. The van der Waals surface area contributed by atoms with Crippen LogP contribution in [-0.2, 0) is 4.74 Å². The summed E-state index contributed by atoms with van der Waals surface area (Å²) in [4.78, 5) is 21.0. The Balaban J connectivity index is 1.66. The number of rotatable bonds is 6. The minimum atomic E-state index is -0.579. The first-order valence-electron chi connectivity index (χ1n) is 8.80. The number of thiazole rings is 1. The van der Waals surface area contributed by atoms with Gasteiger partial charge < -0.3 is 14.7 Å². The van der Waals surface area contributed by atoms with Crippen LogP contribution in [0.1, 0.15) is 21.7 Å². The highest BCUT2D eigenvalue weighted by atomic mass is 32.1. The zero-order valence-electron chi connectivity index (χ0n) is 15.5. The predicted octanol–water partition coefficient (Wildman–Crippen LogP) is 1.32. The molecule has 26 heavy (non-hydrogen) atoms. The molecule has 2 aromatic heterocycles. The summed E-state index contributed by atoms with van der Waals surface area (Å²) >= 11 is 1.54. The van der Waals surface area contributed by atoms with Crippen molar-refractivity contribution in [3.63, 3.8) is 0 Å². The van der Waals surface area contributed by atoms with Gasteiger partial charge in [0, 0.05) is 56.2 Å². The number of hydrogen-bond acceptors (Lipinski definition) is 6. The second-order valence-electron chi connectivity index (χ2n) is 6.69. The number of morpholine rings is 1. The fourth-order valence-corrected chi connectivity index (χ4v) is 4.10. The second-order valence-corrected chi connectivity index (χ2v) is 7.56. The molecule has 0 bridgehead atoms. The van der Waals surface area contributed by atoms with Gasteiger partial charge in [-0.25, -0.2) is 4.98 Å². The topological polar surface area (TPSA) is 70.8 Å². The van der Waals surface area contributed by atoms with Gasteiger partial charge in [-0.2, -0.15) is 0 Å². The van der Waals surface area contributed by atoms with Crippen LogP contribution >= 0.6 is 11.3 Å². The first-order valence-corrected chi connectivity index (χ1v) is 9.67. The predicted molar refractivity (Wildman–Crippen MR) is 101 cm³/mol. The third-order valence-corrected chi connectivity index (χ3v) is 5.43. The normalized spacial score (nSPS) is 16.6. The van der Waals surface area contributed by atoms with E-state index in [9.17, 15) is 9.90 Å². The molecule has 2 aromatic rings. The largest absolute Gasteiger partial charge is 0.390 e. The van der Waals surface area contributed by atoms with Crippen molar-refractivity contribution in [2.24, 2.45) is 0 Å². The number of nitrogens with zero attached hydrogens (tertiary/aromatic N) is 4. The molecule has 1 aliphatic rings. The number of β-amino-alcohol motifs (C(OH)–C–C–N with tert-alkyl or cyclic N) is 1. The van der Waals surface area contributed by atoms with E-state index in [1.54, 1.807) is 18.1 Å². The number of aliphatic hydroxyl groups excluding tert-OH is 1. The Kier molecular flexibility index (Phi) is 6.08. The third-order valence-electron chi connectivity index (χ3n) is 4.68. The molecule has 8 heteroatoms. The molecule has 1 fully saturated rings. The molecule has 3 heterocycles. The summed E-state index contributed by atoms with van der Waals surface area (Å²) in [6.07, 6.45) is 1.18. The molecule has 1 atom stereocenters. The van der Waals surface area contributed by atoms with Crippen molar-refractivity contribution in [2.45, 2.75) is 20.0 Å². The number of aromatic nitrogens is 2. The van der Waals surface area contributed by atoms with Gasteiger partial charge in [0.1, 0.15) is 0 Å². The highest BCUT2D eigenvalue weighted by Gasteiger charge is 2.23. The Labute approximate surface area is 157 Å². The second kappa shape index (κ2) is 8.30. The zero-order chi connectivity index (χ0) is 18.7. The molecular weight excluding hydrogens is 352 g/mol. The number of aliphatic hydroxyl groups is 1. The lowest BCUT2D eigenvalue weighted by molar-refractivity contribution is 0.00878. The first-order chi connectivity index (χ1) is 12.5. The van der Waals surface area contributed by atoms with E-state index in [1.807, 2.05) is 29.9 Å². The summed E-state index contributed by atoms with van der Waals surface area (Å²) in [5.41, 5.74) is 2.50. The van der Waals surface area contributed by atoms with Gasteiger partial charge in [-0.05, 0) is 19.9 Å². The van der Waals surface area contributed by atoms with Gasteiger partial charge in [0.25, 0.3) is 5.91 Å². The minimum absolute atomic E-state index is 0.0815. The van der Waals surface area contributed by atoms with Crippen molar-refractivity contribution < 1.29 is 14.6 Å². The van der Waals surface area contributed by atoms with E-state index in [2.05, 4.69) is 9.88 Å². The number of carbonyl (C=O) groups is 1. The van der Waals surface area contributed by atoms with Crippen molar-refractivity contribution in [3.8, 4) is 5.13 Å². The minimum Gasteiger partial charge on any atom is -0.390 e. The van der Waals surface area contributed by atoms with E-state index >= 15 is 0 Å². The van der Waals surface area contributed by atoms with Gasteiger partial charge in [-0.15, -0.1) is 11.3 Å². The molecule has 0 aromatic carbocycles. The molecule has 1 unspecified atom stereocenters. The molecule has 1 aliphatic heterocycles. The van der Waals surface area contributed by atoms with Crippen molar-refractivity contribution >= 4 is 17.2 Å². The highest BCUT2D eigenvalue weighted by molar-refractivity contribution is 7.12. The number of aryl methyl sites for hydroxylation is 1. The lowest BCUT2D eigenvalue weighted by Crippen LogP contribution is -2.45. The van der Waals surface area contributed by atoms with E-state index < -0.39 is 6.10 Å². The average Bonchev–Trinajstić information content (AvgIpc) is 3.22. The third kappa shape index (κ3) is 4.15. The van der Waals surface area contributed by atoms with Crippen LogP contribution in [0.2, 0.25) is 0 Å². The summed E-state index contributed by atoms with van der Waals surface area (Å²) < 4.78 is 7.32. The molecule has 142 valence electrons. The lowest BCUT2D eigenvalue weighted by atomic mass is 10.2. The van der Waals surface area contributed by atoms with Crippen LogP contribution in [0.5, 0.6) is 0 Å². The first kappa shape index (κ1) is 19.0. The summed E-state index contributed by atoms with van der Waals surface area (Å²) in [6.45, 7) is 7.80. The maximum Gasteiger partial charge on any atom is 0.255 e. The quantitative estimate of drug-likeness (QED) is 0.821. The maximum atomic E-state index is 12.9. The van der Waals surface area contributed by atoms with Crippen molar-refractivity contribution in [1.82, 2.24) is 19.4 Å². The van der Waals surface area contributed by atoms with Crippen LogP contribution in [0, 0.1) is 13.8 Å². The summed E-state index contributed by atoms with van der Waals surface area (Å²) in [7, 11) is 1.74. The van der Waals surface area contributed by atoms with Crippen LogP contribution in [0.15, 0.2) is 17.6 Å². The number of amides is 1. The Morgan fingerprint density at radius 3 is 2.81 bits per heavy atom. The van der Waals surface area contributed by atoms with Crippen molar-refractivity contribution in [1.29, 1.82) is 0 Å². The molecule has 1 amide bonds. The Morgan fingerprint density at radius 2 is 2.15 bits per heavy atom. The smallest absolute Gasteiger partial charge is 0.255 e. The monoisotopic (exact) mass is 378 g/mol. The zero-order valence-corrected chi connectivity index (χ0v) is 16.3. The highest BCUT2D eigenvalue weighted by Crippen LogP contribution is 2.23. The van der Waals surface area contributed by atoms with E-state index in [0.717, 1.165) is 29.6 Å². The van der Waals surface area contributed by atoms with Gasteiger partial charge in [0.05, 0.1) is 24.9 Å². The molecule has 0 spiro atoms. The van der Waals surface area contributed by atoms with E-state index in [4.69, 9.17) is 4.74 Å². The number of hydrogen-bond donors (Lipinski definition) is 1. The van der Waals surface area contributed by atoms with Crippen LogP contribution in [0.3, 0.4) is 0 Å². The van der Waals surface area contributed by atoms with Crippen LogP contribution in [-0.4, -0.2) is 82.9 Å². The molecular formula is C18H26N4O3S. The average molecular weight is 378 g/mol. The van der Waals surface area contributed by atoms with Crippen molar-refractivity contribution in [3.05, 3.63) is 34.6 Å². The molecule has 0 saturated carbocycles. The van der Waals surface area contributed by atoms with E-state index in [1.165, 1.54) is 11.3 Å². The molecule has 1 N–H and O–H groups in total. The summed E-state index contributed by atoms with van der Waals surface area (Å²) in [6, 6.07) is 1.89. The number of ether oxygens (including phenoxy) is 1. The van der Waals surface area contributed by atoms with E-state index in [-0.39, 0.29) is 5.91 Å². The lowest BCUT2D eigenvalue weighted by Gasteiger charge is -2.30. The molecule has 0 radical (unpaired) electrons. The van der Waals surface area contributed by atoms with Crippen molar-refractivity contribution in [2.75, 3.05) is 46.4 Å². The summed E-state index contributed by atoms with van der Waals surface area (Å²) in [5, 5.41) is 13.1. The summed E-state index contributed by atoms with van der Waals surface area (Å²) in [5.74, 6) is -0.0815. The Morgan fingerprint density at radius 1 is 1.42 bits per heavy atom. The molecule has 0 aliphatic carbocycles. The van der Waals surface area contributed by atoms with Gasteiger partial charge in [0.15, 0.2) is 5.13 Å². The SMILES string of the molecule is Cc1cc(C(=O)N(C)CC(O)CN2CCOCC2)c(C)n1-c1nccs1. The van der Waals surface area contributed by atoms with Crippen LogP contribution in [0.4, 0.5) is 0 Å². The fraction of sp³-hybridized carbons (Fsp3) is 0.556. The van der Waals surface area contributed by atoms with Crippen LogP contribution in [0.25, 0.3) is 5.13 Å². The maximum absolute atomic E-state index is 12.9.